The van der Waals surface area contributed by atoms with Crippen molar-refractivity contribution >= 4 is 23.6 Å². The first kappa shape index (κ1) is 31.2. The average molecular weight is 536 g/mol. The van der Waals surface area contributed by atoms with Crippen LogP contribution < -0.4 is 10.7 Å². The smallest absolute Gasteiger partial charge is 0.271 e. The Kier molecular flexibility index (Phi) is 11.4. The number of amides is 2. The number of hydrogen-bond donors (Lipinski definition) is 0. The number of nitriles is 1. The zero-order chi connectivity index (χ0) is 29.3. The SMILES string of the molecule is [C-]#[N+]c1c(C)c(/C=C/C=C2\C(=O)N(CCCOC(C)C)C(=O)C(C#N)=C2C)c(=O)n(CCCOC(C)C)c1[O-]. The molecule has 0 fully saturated rings. The van der Waals surface area contributed by atoms with E-state index in [1.165, 1.54) is 32.1 Å². The van der Waals surface area contributed by atoms with Crippen molar-refractivity contribution in [2.45, 2.75) is 73.1 Å². The van der Waals surface area contributed by atoms with Gasteiger partial charge < -0.3 is 19.1 Å². The van der Waals surface area contributed by atoms with E-state index in [0.29, 0.717) is 26.1 Å². The number of hydrogen-bond acceptors (Lipinski definition) is 7. The Morgan fingerprint density at radius 2 is 1.62 bits per heavy atom. The van der Waals surface area contributed by atoms with Crippen molar-refractivity contribution < 1.29 is 24.2 Å². The summed E-state index contributed by atoms with van der Waals surface area (Å²) in [6.45, 7) is 18.9. The molecule has 1 aliphatic heterocycles. The molecule has 2 heterocycles. The molecular formula is C29H35N4O6-. The first-order chi connectivity index (χ1) is 18.5. The van der Waals surface area contributed by atoms with Gasteiger partial charge in [0.2, 0.25) is 0 Å². The van der Waals surface area contributed by atoms with Gasteiger partial charge in [-0.25, -0.2) is 4.85 Å². The van der Waals surface area contributed by atoms with Gasteiger partial charge in [0.15, 0.2) is 5.69 Å². The largest absolute Gasteiger partial charge is 0.869 e. The summed E-state index contributed by atoms with van der Waals surface area (Å²) < 4.78 is 12.0. The van der Waals surface area contributed by atoms with Gasteiger partial charge in [-0.2, -0.15) is 5.26 Å². The molecule has 0 spiro atoms. The van der Waals surface area contributed by atoms with Gasteiger partial charge in [-0.3, -0.25) is 19.3 Å². The van der Waals surface area contributed by atoms with E-state index >= 15 is 0 Å². The minimum Gasteiger partial charge on any atom is -0.869 e. The molecule has 0 radical (unpaired) electrons. The topological polar surface area (TPSA) is 129 Å². The second-order valence-electron chi connectivity index (χ2n) is 9.62. The summed E-state index contributed by atoms with van der Waals surface area (Å²) in [4.78, 5) is 43.4. The highest BCUT2D eigenvalue weighted by molar-refractivity contribution is 6.18. The molecule has 2 rings (SSSR count). The second kappa shape index (κ2) is 14.2. The van der Waals surface area contributed by atoms with E-state index in [4.69, 9.17) is 16.0 Å². The van der Waals surface area contributed by atoms with Crippen molar-refractivity contribution in [2.24, 2.45) is 0 Å². The molecule has 0 aromatic carbocycles. The predicted molar refractivity (Wildman–Crippen MR) is 145 cm³/mol. The molecule has 1 aliphatic rings. The van der Waals surface area contributed by atoms with Crippen LogP contribution in [0.15, 0.2) is 33.7 Å². The van der Waals surface area contributed by atoms with Crippen LogP contribution in [0.25, 0.3) is 10.9 Å². The normalized spacial score (nSPS) is 15.2. The lowest BCUT2D eigenvalue weighted by atomic mass is 9.94. The van der Waals surface area contributed by atoms with Crippen molar-refractivity contribution in [3.8, 4) is 11.9 Å². The predicted octanol–water partition coefficient (Wildman–Crippen LogP) is 3.56. The first-order valence-electron chi connectivity index (χ1n) is 12.9. The van der Waals surface area contributed by atoms with E-state index < -0.39 is 23.3 Å². The van der Waals surface area contributed by atoms with Crippen LogP contribution in [0.3, 0.4) is 0 Å². The maximum absolute atomic E-state index is 13.2. The van der Waals surface area contributed by atoms with Crippen LogP contribution in [-0.4, -0.2) is 53.2 Å². The Hall–Kier alpha value is -3.99. The highest BCUT2D eigenvalue weighted by atomic mass is 16.5. The van der Waals surface area contributed by atoms with E-state index in [1.807, 2.05) is 33.8 Å². The number of nitrogens with zero attached hydrogens (tertiary/aromatic N) is 4. The fourth-order valence-electron chi connectivity index (χ4n) is 4.03. The zero-order valence-electron chi connectivity index (χ0n) is 23.4. The summed E-state index contributed by atoms with van der Waals surface area (Å²) in [5.74, 6) is -1.86. The second-order valence-corrected chi connectivity index (χ2v) is 9.62. The summed E-state index contributed by atoms with van der Waals surface area (Å²) in [7, 11) is 0. The third-order valence-corrected chi connectivity index (χ3v) is 6.10. The molecule has 10 heteroatoms. The highest BCUT2D eigenvalue weighted by Crippen LogP contribution is 2.30. The van der Waals surface area contributed by atoms with Crippen molar-refractivity contribution in [1.82, 2.24) is 9.47 Å². The van der Waals surface area contributed by atoms with E-state index in [-0.39, 0.29) is 58.8 Å². The van der Waals surface area contributed by atoms with Crippen LogP contribution in [0.1, 0.15) is 58.6 Å². The zero-order valence-corrected chi connectivity index (χ0v) is 23.4. The van der Waals surface area contributed by atoms with Gasteiger partial charge in [0.25, 0.3) is 17.4 Å². The van der Waals surface area contributed by atoms with Crippen molar-refractivity contribution in [1.29, 1.82) is 5.26 Å². The fourth-order valence-corrected chi connectivity index (χ4v) is 4.03. The minimum atomic E-state index is -0.654. The number of allylic oxidation sites excluding steroid dienone is 2. The fraction of sp³-hybridized carbons (Fsp3) is 0.483. The number of carbonyl (C=O) groups is 2. The van der Waals surface area contributed by atoms with E-state index in [9.17, 15) is 24.8 Å². The van der Waals surface area contributed by atoms with Crippen LogP contribution in [0, 0.1) is 24.8 Å². The number of carbonyl (C=O) groups excluding carboxylic acids is 2. The number of imide groups is 1. The lowest BCUT2D eigenvalue weighted by Crippen LogP contribution is -2.43. The molecule has 0 saturated carbocycles. The quantitative estimate of drug-likeness (QED) is 0.173. The van der Waals surface area contributed by atoms with Crippen LogP contribution in [0.4, 0.5) is 5.69 Å². The number of rotatable bonds is 12. The molecule has 10 nitrogen and oxygen atoms in total. The van der Waals surface area contributed by atoms with Gasteiger partial charge in [0.1, 0.15) is 11.6 Å². The first-order valence-corrected chi connectivity index (χ1v) is 12.9. The maximum Gasteiger partial charge on any atom is 0.271 e. The van der Waals surface area contributed by atoms with E-state index in [2.05, 4.69) is 4.85 Å². The van der Waals surface area contributed by atoms with E-state index in [1.54, 1.807) is 0 Å². The Morgan fingerprint density at radius 1 is 1.03 bits per heavy atom. The number of aromatic nitrogens is 1. The van der Waals surface area contributed by atoms with Gasteiger partial charge in [-0.1, -0.05) is 12.2 Å². The number of ether oxygens (including phenoxy) is 2. The molecule has 1 aromatic rings. The Labute approximate surface area is 229 Å². The molecular weight excluding hydrogens is 500 g/mol. The molecule has 2 amide bonds. The van der Waals surface area contributed by atoms with Gasteiger partial charge >= 0.3 is 0 Å². The third kappa shape index (κ3) is 7.53. The summed E-state index contributed by atoms with van der Waals surface area (Å²) in [5, 5.41) is 22.3. The number of pyridine rings is 1. The van der Waals surface area contributed by atoms with E-state index in [0.717, 1.165) is 9.47 Å². The molecule has 208 valence electrons. The summed E-state index contributed by atoms with van der Waals surface area (Å²) in [5.41, 5.74) is -0.0656. The Balaban J connectivity index is 2.43. The Morgan fingerprint density at radius 3 is 2.15 bits per heavy atom. The lowest BCUT2D eigenvalue weighted by molar-refractivity contribution is -0.278. The molecule has 0 N–H and O–H groups in total. The molecule has 0 atom stereocenters. The van der Waals surface area contributed by atoms with Crippen molar-refractivity contribution in [2.75, 3.05) is 19.8 Å². The maximum atomic E-state index is 13.2. The molecule has 0 saturated heterocycles. The van der Waals surface area contributed by atoms with Crippen LogP contribution in [-0.2, 0) is 25.6 Å². The lowest BCUT2D eigenvalue weighted by Gasteiger charge is -2.27. The van der Waals surface area contributed by atoms with Crippen molar-refractivity contribution in [3.63, 3.8) is 0 Å². The standard InChI is InChI=1S/C29H36N4O6/c1-18(2)38-15-9-13-32-26(34)22(20(5)24(17-30)28(32)36)11-8-12-23-21(6)25(31-7)29(37)33(27(23)35)14-10-16-39-19(3)4/h8,11-12,18-19,37H,9-10,13-16H2,1-6H3/p-1/b12-8+,22-11-. The highest BCUT2D eigenvalue weighted by Gasteiger charge is 2.34. The van der Waals surface area contributed by atoms with Gasteiger partial charge in [0.05, 0.1) is 18.8 Å². The van der Waals surface area contributed by atoms with Crippen LogP contribution in [0.5, 0.6) is 5.88 Å². The minimum absolute atomic E-state index is 0.00984. The van der Waals surface area contributed by atoms with Gasteiger partial charge in [-0.15, -0.1) is 0 Å². The van der Waals surface area contributed by atoms with Crippen LogP contribution >= 0.6 is 0 Å². The van der Waals surface area contributed by atoms with Crippen LogP contribution in [0.2, 0.25) is 0 Å². The monoisotopic (exact) mass is 535 g/mol. The summed E-state index contributed by atoms with van der Waals surface area (Å²) in [6, 6.07) is 1.89. The molecule has 1 aromatic heterocycles. The summed E-state index contributed by atoms with van der Waals surface area (Å²) >= 11 is 0. The third-order valence-electron chi connectivity index (χ3n) is 6.10. The van der Waals surface area contributed by atoms with Gasteiger partial charge in [0, 0.05) is 37.4 Å². The molecule has 0 unspecified atom stereocenters. The summed E-state index contributed by atoms with van der Waals surface area (Å²) in [6.07, 6.45) is 5.18. The molecule has 39 heavy (non-hydrogen) atoms. The Bertz CT molecular complexity index is 1340. The average Bonchev–Trinajstić information content (AvgIpc) is 2.87. The van der Waals surface area contributed by atoms with Crippen molar-refractivity contribution in [3.05, 3.63) is 61.8 Å². The molecule has 0 aliphatic carbocycles. The molecule has 0 bridgehead atoms. The van der Waals surface area contributed by atoms with Gasteiger partial charge in [-0.05, 0) is 77.5 Å².